The summed E-state index contributed by atoms with van der Waals surface area (Å²) in [7, 11) is -0.830. The van der Waals surface area contributed by atoms with E-state index in [0.717, 1.165) is 11.1 Å². The van der Waals surface area contributed by atoms with E-state index >= 15 is 0 Å². The normalized spacial score (nSPS) is 16.2. The monoisotopic (exact) mass is 406 g/mol. The molecule has 0 spiro atoms. The van der Waals surface area contributed by atoms with Gasteiger partial charge in [0.05, 0.1) is 19.1 Å². The molecule has 0 aromatic heterocycles. The Kier molecular flexibility index (Phi) is 5.87. The van der Waals surface area contributed by atoms with Crippen molar-refractivity contribution in [2.24, 2.45) is 0 Å². The molecule has 0 heterocycles. The topological polar surface area (TPSA) is 114 Å². The third-order valence-electron chi connectivity index (χ3n) is 4.79. The maximum atomic E-state index is 12.8. The minimum absolute atomic E-state index is 0.0874. The first-order valence-corrected chi connectivity index (χ1v) is 10.2. The largest absolute Gasteiger partial charge is 0.493 e. The number of sulfonamides is 1. The van der Waals surface area contributed by atoms with Gasteiger partial charge in [-0.15, -0.1) is 0 Å². The molecule has 1 aliphatic rings. The third-order valence-corrected chi connectivity index (χ3v) is 6.30. The number of methoxy groups -OCH3 is 2. The van der Waals surface area contributed by atoms with Gasteiger partial charge in [0, 0.05) is 17.7 Å². The molecule has 2 aromatic rings. The van der Waals surface area contributed by atoms with E-state index in [9.17, 15) is 13.2 Å². The van der Waals surface area contributed by atoms with E-state index in [1.807, 2.05) is 6.07 Å². The molecule has 150 valence electrons. The van der Waals surface area contributed by atoms with Crippen LogP contribution in [-0.2, 0) is 22.9 Å². The Morgan fingerprint density at radius 3 is 2.50 bits per heavy atom. The lowest BCUT2D eigenvalue weighted by Crippen LogP contribution is -2.38. The number of hydroxylamine groups is 1. The van der Waals surface area contributed by atoms with Crippen LogP contribution in [0.15, 0.2) is 41.3 Å². The summed E-state index contributed by atoms with van der Waals surface area (Å²) >= 11 is 0. The van der Waals surface area contributed by atoms with Crippen LogP contribution in [0.2, 0.25) is 0 Å². The van der Waals surface area contributed by atoms with Crippen molar-refractivity contribution in [1.29, 1.82) is 0 Å². The lowest BCUT2D eigenvalue weighted by molar-refractivity contribution is 0.0706. The van der Waals surface area contributed by atoms with Crippen LogP contribution in [0.4, 0.5) is 0 Å². The van der Waals surface area contributed by atoms with E-state index in [2.05, 4.69) is 4.72 Å². The number of aryl methyl sites for hydroxylation is 1. The zero-order valence-electron chi connectivity index (χ0n) is 15.6. The molecule has 0 fully saturated rings. The lowest BCUT2D eigenvalue weighted by Gasteiger charge is -2.26. The SMILES string of the molecule is COc1ccc(S(=O)(=O)NC2CCc3ccc(C(=O)NO)cc3C2)cc1OC. The number of ether oxygens (including phenoxy) is 2. The molecule has 1 aliphatic carbocycles. The summed E-state index contributed by atoms with van der Waals surface area (Å²) in [6, 6.07) is 9.27. The van der Waals surface area contributed by atoms with Gasteiger partial charge in [-0.1, -0.05) is 6.07 Å². The first-order valence-electron chi connectivity index (χ1n) is 8.68. The molecule has 1 atom stereocenters. The lowest BCUT2D eigenvalue weighted by atomic mass is 9.87. The van der Waals surface area contributed by atoms with Crippen LogP contribution in [0.5, 0.6) is 11.5 Å². The Balaban J connectivity index is 1.80. The van der Waals surface area contributed by atoms with Gasteiger partial charge in [-0.3, -0.25) is 10.0 Å². The third kappa shape index (κ3) is 4.11. The quantitative estimate of drug-likeness (QED) is 0.497. The summed E-state index contributed by atoms with van der Waals surface area (Å²) < 4.78 is 38.6. The Hall–Kier alpha value is -2.62. The van der Waals surface area contributed by atoms with E-state index in [1.54, 1.807) is 23.7 Å². The van der Waals surface area contributed by atoms with Gasteiger partial charge in [0.15, 0.2) is 11.5 Å². The molecule has 0 aliphatic heterocycles. The van der Waals surface area contributed by atoms with E-state index in [4.69, 9.17) is 14.7 Å². The molecule has 28 heavy (non-hydrogen) atoms. The van der Waals surface area contributed by atoms with Crippen molar-refractivity contribution >= 4 is 15.9 Å². The number of rotatable bonds is 6. The number of fused-ring (bicyclic) bond motifs is 1. The minimum atomic E-state index is -3.76. The molecule has 1 amide bonds. The predicted octanol–water partition coefficient (Wildman–Crippen LogP) is 1.66. The van der Waals surface area contributed by atoms with Crippen LogP contribution in [0.1, 0.15) is 27.9 Å². The summed E-state index contributed by atoms with van der Waals surface area (Å²) in [6.45, 7) is 0. The molecule has 0 saturated carbocycles. The average molecular weight is 406 g/mol. The van der Waals surface area contributed by atoms with Gasteiger partial charge in [0.1, 0.15) is 0 Å². The molecular weight excluding hydrogens is 384 g/mol. The van der Waals surface area contributed by atoms with Gasteiger partial charge in [-0.25, -0.2) is 18.6 Å². The molecule has 3 rings (SSSR count). The Morgan fingerprint density at radius 1 is 1.07 bits per heavy atom. The second-order valence-corrected chi connectivity index (χ2v) is 8.22. The number of carbonyl (C=O) groups excluding carboxylic acids is 1. The fourth-order valence-electron chi connectivity index (χ4n) is 3.33. The second kappa shape index (κ2) is 8.17. The molecule has 1 unspecified atom stereocenters. The maximum Gasteiger partial charge on any atom is 0.274 e. The van der Waals surface area contributed by atoms with Crippen molar-refractivity contribution in [3.8, 4) is 11.5 Å². The van der Waals surface area contributed by atoms with Crippen molar-refractivity contribution in [3.05, 3.63) is 53.1 Å². The van der Waals surface area contributed by atoms with Crippen LogP contribution < -0.4 is 19.7 Å². The van der Waals surface area contributed by atoms with Crippen molar-refractivity contribution in [1.82, 2.24) is 10.2 Å². The summed E-state index contributed by atoms with van der Waals surface area (Å²) in [4.78, 5) is 11.7. The highest BCUT2D eigenvalue weighted by atomic mass is 32.2. The van der Waals surface area contributed by atoms with Crippen LogP contribution in [0.3, 0.4) is 0 Å². The zero-order valence-corrected chi connectivity index (χ0v) is 16.4. The Morgan fingerprint density at radius 2 is 1.82 bits per heavy atom. The van der Waals surface area contributed by atoms with Crippen molar-refractivity contribution in [3.63, 3.8) is 0 Å². The average Bonchev–Trinajstić information content (AvgIpc) is 2.71. The first kappa shape index (κ1) is 20.1. The van der Waals surface area contributed by atoms with Crippen LogP contribution in [0, 0.1) is 0 Å². The van der Waals surface area contributed by atoms with Gasteiger partial charge in [-0.05, 0) is 54.7 Å². The highest BCUT2D eigenvalue weighted by Crippen LogP contribution is 2.30. The molecule has 0 bridgehead atoms. The molecule has 9 heteroatoms. The van der Waals surface area contributed by atoms with Crippen molar-refractivity contribution in [2.45, 2.75) is 30.2 Å². The van der Waals surface area contributed by atoms with Crippen LogP contribution >= 0.6 is 0 Å². The number of hydrogen-bond donors (Lipinski definition) is 3. The van der Waals surface area contributed by atoms with Crippen LogP contribution in [-0.4, -0.2) is 39.8 Å². The molecule has 3 N–H and O–H groups in total. The molecule has 8 nitrogen and oxygen atoms in total. The van der Waals surface area contributed by atoms with Gasteiger partial charge in [-0.2, -0.15) is 0 Å². The minimum Gasteiger partial charge on any atom is -0.493 e. The first-order chi connectivity index (χ1) is 13.4. The fraction of sp³-hybridized carbons (Fsp3) is 0.316. The van der Waals surface area contributed by atoms with Crippen molar-refractivity contribution in [2.75, 3.05) is 14.2 Å². The number of nitrogens with one attached hydrogen (secondary N) is 2. The Labute approximate surface area is 163 Å². The highest BCUT2D eigenvalue weighted by molar-refractivity contribution is 7.89. The number of carbonyl (C=O) groups is 1. The van der Waals surface area contributed by atoms with Gasteiger partial charge < -0.3 is 9.47 Å². The van der Waals surface area contributed by atoms with Crippen molar-refractivity contribution < 1.29 is 27.9 Å². The summed E-state index contributed by atoms with van der Waals surface area (Å²) in [5.41, 5.74) is 3.88. The standard InChI is InChI=1S/C19H22N2O6S/c1-26-17-8-7-16(11-18(17)27-2)28(24,25)21-15-6-5-12-3-4-13(19(22)20-23)9-14(12)10-15/h3-4,7-9,11,15,21,23H,5-6,10H2,1-2H3,(H,20,22). The van der Waals surface area contributed by atoms with Crippen LogP contribution in [0.25, 0.3) is 0 Å². The zero-order chi connectivity index (χ0) is 20.3. The van der Waals surface area contributed by atoms with E-state index in [0.29, 0.717) is 36.3 Å². The second-order valence-electron chi connectivity index (χ2n) is 6.50. The fourth-order valence-corrected chi connectivity index (χ4v) is 4.62. The number of benzene rings is 2. The Bertz CT molecular complexity index is 990. The molecule has 2 aromatic carbocycles. The maximum absolute atomic E-state index is 12.8. The summed E-state index contributed by atoms with van der Waals surface area (Å²) in [5.74, 6) is 0.178. The predicted molar refractivity (Wildman–Crippen MR) is 101 cm³/mol. The van der Waals surface area contributed by atoms with Gasteiger partial charge in [0.25, 0.3) is 5.91 Å². The molecular formula is C19H22N2O6S. The number of hydrogen-bond acceptors (Lipinski definition) is 6. The highest BCUT2D eigenvalue weighted by Gasteiger charge is 2.26. The summed E-state index contributed by atoms with van der Waals surface area (Å²) in [5, 5.41) is 8.79. The summed E-state index contributed by atoms with van der Waals surface area (Å²) in [6.07, 6.45) is 1.79. The van der Waals surface area contributed by atoms with E-state index in [1.165, 1.54) is 26.4 Å². The molecule has 0 saturated heterocycles. The van der Waals surface area contributed by atoms with Gasteiger partial charge in [0.2, 0.25) is 10.0 Å². The number of amides is 1. The van der Waals surface area contributed by atoms with Gasteiger partial charge >= 0.3 is 0 Å². The van der Waals surface area contributed by atoms with E-state index in [-0.39, 0.29) is 10.9 Å². The van der Waals surface area contributed by atoms with E-state index < -0.39 is 15.9 Å². The molecule has 0 radical (unpaired) electrons. The smallest absolute Gasteiger partial charge is 0.274 e.